The number of rotatable bonds is 15. The van der Waals surface area contributed by atoms with Gasteiger partial charge in [0.2, 0.25) is 0 Å². The first kappa shape index (κ1) is 37.3. The second-order valence-corrected chi connectivity index (χ2v) is 9.24. The van der Waals surface area contributed by atoms with Gasteiger partial charge in [0.15, 0.2) is 6.10 Å². The number of benzene rings is 2. The SMILES string of the molecule is CCOC(Cc1ccc(OCCN(CC(F)(F)C(F)(F)C(F)(F)C(F)(F)C(F)(F)F)C(=O)Nc2ccccc2F)cc1)C(=O)O. The molecule has 2 aromatic carbocycles. The molecule has 0 aromatic heterocycles. The molecule has 0 saturated carbocycles. The Morgan fingerprint density at radius 3 is 1.96 bits per heavy atom. The normalized spacial score (nSPS) is 13.7. The van der Waals surface area contributed by atoms with Crippen molar-refractivity contribution in [3.63, 3.8) is 0 Å². The molecule has 0 aliphatic heterocycles. The zero-order valence-electron chi connectivity index (χ0n) is 22.8. The van der Waals surface area contributed by atoms with Crippen LogP contribution in [0.5, 0.6) is 5.75 Å². The molecule has 0 spiro atoms. The first-order valence-electron chi connectivity index (χ1n) is 12.5. The molecule has 2 aromatic rings. The fourth-order valence-corrected chi connectivity index (χ4v) is 3.58. The van der Waals surface area contributed by atoms with E-state index in [4.69, 9.17) is 14.6 Å². The number of para-hydroxylation sites is 1. The number of ether oxygens (including phenoxy) is 2. The smallest absolute Gasteiger partial charge is 0.460 e. The number of amides is 2. The van der Waals surface area contributed by atoms with Gasteiger partial charge in [-0.2, -0.15) is 48.3 Å². The number of alkyl halides is 11. The van der Waals surface area contributed by atoms with E-state index in [9.17, 15) is 62.3 Å². The Labute approximate surface area is 246 Å². The first-order valence-corrected chi connectivity index (χ1v) is 12.5. The number of carbonyl (C=O) groups excluding carboxylic acids is 1. The molecule has 0 aliphatic carbocycles. The molecule has 1 atom stereocenters. The maximum absolute atomic E-state index is 14.5. The molecule has 0 aliphatic rings. The monoisotopic (exact) mass is 672 g/mol. The van der Waals surface area contributed by atoms with Crippen molar-refractivity contribution in [3.05, 3.63) is 59.9 Å². The fourth-order valence-electron chi connectivity index (χ4n) is 3.58. The van der Waals surface area contributed by atoms with Crippen LogP contribution in [0.25, 0.3) is 0 Å². The predicted octanol–water partition coefficient (Wildman–Crippen LogP) is 6.87. The Balaban J connectivity index is 2.29. The second-order valence-electron chi connectivity index (χ2n) is 9.24. The quantitative estimate of drug-likeness (QED) is 0.202. The molecule has 0 fully saturated rings. The number of urea groups is 1. The van der Waals surface area contributed by atoms with E-state index in [2.05, 4.69) is 0 Å². The van der Waals surface area contributed by atoms with Crippen molar-refractivity contribution >= 4 is 17.7 Å². The van der Waals surface area contributed by atoms with E-state index in [1.807, 2.05) is 0 Å². The van der Waals surface area contributed by atoms with Crippen LogP contribution in [0.3, 0.4) is 0 Å². The number of hydrogen-bond acceptors (Lipinski definition) is 4. The Bertz CT molecular complexity index is 1310. The highest BCUT2D eigenvalue weighted by molar-refractivity contribution is 5.89. The summed E-state index contributed by atoms with van der Waals surface area (Å²) in [6, 6.07) is 7.19. The average Bonchev–Trinajstić information content (AvgIpc) is 2.93. The number of anilines is 1. The third kappa shape index (κ3) is 8.43. The summed E-state index contributed by atoms with van der Waals surface area (Å²) in [7, 11) is 0. The number of aliphatic carboxylic acids is 1. The summed E-state index contributed by atoms with van der Waals surface area (Å²) >= 11 is 0. The topological polar surface area (TPSA) is 88.1 Å². The lowest BCUT2D eigenvalue weighted by molar-refractivity contribution is -0.422. The van der Waals surface area contributed by atoms with Gasteiger partial charge in [0.25, 0.3) is 0 Å². The fraction of sp³-hybridized carbons (Fsp3) is 0.462. The van der Waals surface area contributed by atoms with Crippen LogP contribution in [0.1, 0.15) is 12.5 Å². The van der Waals surface area contributed by atoms with Crippen LogP contribution in [-0.2, 0) is 16.0 Å². The molecule has 1 unspecified atom stereocenters. The third-order valence-corrected chi connectivity index (χ3v) is 6.01. The highest BCUT2D eigenvalue weighted by Crippen LogP contribution is 2.57. The lowest BCUT2D eigenvalue weighted by atomic mass is 9.97. The van der Waals surface area contributed by atoms with Gasteiger partial charge in [-0.25, -0.2) is 14.0 Å². The van der Waals surface area contributed by atoms with E-state index < -0.39 is 79.2 Å². The third-order valence-electron chi connectivity index (χ3n) is 6.01. The number of hydrogen-bond donors (Lipinski definition) is 2. The van der Waals surface area contributed by atoms with Crippen molar-refractivity contribution < 1.29 is 76.9 Å². The van der Waals surface area contributed by atoms with Crippen molar-refractivity contribution in [2.75, 3.05) is 31.6 Å². The van der Waals surface area contributed by atoms with Gasteiger partial charge in [-0.3, -0.25) is 0 Å². The Kier molecular flexibility index (Phi) is 11.6. The Morgan fingerprint density at radius 1 is 0.867 bits per heavy atom. The van der Waals surface area contributed by atoms with Crippen LogP contribution in [0.15, 0.2) is 48.5 Å². The second kappa shape index (κ2) is 14.0. The van der Waals surface area contributed by atoms with E-state index in [0.29, 0.717) is 5.56 Å². The van der Waals surface area contributed by atoms with Crippen LogP contribution < -0.4 is 10.1 Å². The summed E-state index contributed by atoms with van der Waals surface area (Å²) in [5.41, 5.74) is -0.299. The highest BCUT2D eigenvalue weighted by Gasteiger charge is 2.87. The van der Waals surface area contributed by atoms with Crippen LogP contribution in [0.2, 0.25) is 0 Å². The summed E-state index contributed by atoms with van der Waals surface area (Å²) in [4.78, 5) is 23.5. The van der Waals surface area contributed by atoms with Gasteiger partial charge in [0, 0.05) is 13.0 Å². The lowest BCUT2D eigenvalue weighted by Gasteiger charge is -2.38. The van der Waals surface area contributed by atoms with Gasteiger partial charge < -0.3 is 24.8 Å². The minimum atomic E-state index is -7.69. The molecule has 19 heteroatoms. The molecular formula is C26H24F12N2O5. The minimum absolute atomic E-state index is 0.0788. The maximum Gasteiger partial charge on any atom is 0.460 e. The Morgan fingerprint density at radius 2 is 1.44 bits per heavy atom. The van der Waals surface area contributed by atoms with E-state index in [0.717, 1.165) is 24.3 Å². The van der Waals surface area contributed by atoms with E-state index in [1.54, 1.807) is 12.2 Å². The molecule has 0 radical (unpaired) electrons. The van der Waals surface area contributed by atoms with E-state index in [1.165, 1.54) is 24.3 Å². The molecule has 252 valence electrons. The molecular weight excluding hydrogens is 648 g/mol. The average molecular weight is 672 g/mol. The highest BCUT2D eigenvalue weighted by atomic mass is 19.4. The van der Waals surface area contributed by atoms with Gasteiger partial charge in [0.1, 0.15) is 18.2 Å². The summed E-state index contributed by atoms with van der Waals surface area (Å²) in [6.07, 6.45) is -8.65. The van der Waals surface area contributed by atoms with Crippen molar-refractivity contribution in [3.8, 4) is 5.75 Å². The van der Waals surface area contributed by atoms with Gasteiger partial charge in [-0.05, 0) is 36.8 Å². The molecule has 0 heterocycles. The minimum Gasteiger partial charge on any atom is -0.492 e. The number of carbonyl (C=O) groups is 2. The van der Waals surface area contributed by atoms with Crippen LogP contribution in [-0.4, -0.2) is 84.3 Å². The zero-order valence-corrected chi connectivity index (χ0v) is 22.8. The molecule has 45 heavy (non-hydrogen) atoms. The van der Waals surface area contributed by atoms with Crippen molar-refractivity contribution in [1.82, 2.24) is 4.90 Å². The lowest BCUT2D eigenvalue weighted by Crippen LogP contribution is -2.68. The summed E-state index contributed by atoms with van der Waals surface area (Å²) in [5.74, 6) is -31.6. The van der Waals surface area contributed by atoms with Crippen LogP contribution in [0.4, 0.5) is 63.2 Å². The van der Waals surface area contributed by atoms with Gasteiger partial charge >= 0.3 is 41.9 Å². The molecule has 0 saturated heterocycles. The van der Waals surface area contributed by atoms with Crippen LogP contribution in [0, 0.1) is 5.82 Å². The molecule has 2 N–H and O–H groups in total. The van der Waals surface area contributed by atoms with Crippen LogP contribution >= 0.6 is 0 Å². The number of nitrogens with zero attached hydrogens (tertiary/aromatic N) is 1. The van der Waals surface area contributed by atoms with Crippen molar-refractivity contribution in [2.45, 2.75) is 49.3 Å². The standard InChI is InChI=1S/C26H24F12N2O5/c1-2-44-19(20(41)42)13-15-7-9-16(10-8-15)45-12-11-40(21(43)39-18-6-4-3-5-17(18)27)14-22(28,29)23(30,31)24(32,33)25(34,35)26(36,37)38/h3-10,19H,2,11-14H2,1H3,(H,39,43)(H,41,42). The van der Waals surface area contributed by atoms with E-state index in [-0.39, 0.29) is 23.7 Å². The maximum atomic E-state index is 14.5. The predicted molar refractivity (Wildman–Crippen MR) is 132 cm³/mol. The van der Waals surface area contributed by atoms with Crippen molar-refractivity contribution in [1.29, 1.82) is 0 Å². The largest absolute Gasteiger partial charge is 0.492 e. The molecule has 0 bridgehead atoms. The van der Waals surface area contributed by atoms with Gasteiger partial charge in [0.05, 0.1) is 18.8 Å². The number of carboxylic acids is 1. The zero-order chi connectivity index (χ0) is 34.4. The summed E-state index contributed by atoms with van der Waals surface area (Å²) in [6.45, 7) is -3.27. The van der Waals surface area contributed by atoms with Gasteiger partial charge in [-0.15, -0.1) is 0 Å². The molecule has 2 amide bonds. The number of halogens is 12. The number of carboxylic acid groups (broad SMARTS) is 1. The summed E-state index contributed by atoms with van der Waals surface area (Å²) < 4.78 is 173. The molecule has 2 rings (SSSR count). The number of nitrogens with one attached hydrogen (secondary N) is 1. The van der Waals surface area contributed by atoms with E-state index >= 15 is 0 Å². The molecule has 7 nitrogen and oxygen atoms in total. The Hall–Kier alpha value is -3.90. The first-order chi connectivity index (χ1) is 20.6. The van der Waals surface area contributed by atoms with Crippen molar-refractivity contribution in [2.24, 2.45) is 0 Å². The summed E-state index contributed by atoms with van der Waals surface area (Å²) in [5, 5.41) is 10.8. The van der Waals surface area contributed by atoms with Gasteiger partial charge in [-0.1, -0.05) is 24.3 Å².